The van der Waals surface area contributed by atoms with Crippen LogP contribution in [-0.4, -0.2) is 11.4 Å². The first-order chi connectivity index (χ1) is 10.7. The first-order valence-corrected chi connectivity index (χ1v) is 7.65. The molecule has 1 aliphatic rings. The predicted molar refractivity (Wildman–Crippen MR) is 88.2 cm³/mol. The molecule has 110 valence electrons. The summed E-state index contributed by atoms with van der Waals surface area (Å²) in [6.07, 6.45) is -0.168. The van der Waals surface area contributed by atoms with Crippen molar-refractivity contribution in [1.82, 2.24) is 0 Å². The quantitative estimate of drug-likeness (QED) is 0.720. The molecule has 1 heterocycles. The molecule has 0 radical (unpaired) electrons. The van der Waals surface area contributed by atoms with E-state index in [1.807, 2.05) is 12.1 Å². The van der Waals surface area contributed by atoms with Gasteiger partial charge in [0.2, 0.25) is 0 Å². The SMILES string of the molecule is Cc1ccc([C@@H]2C[C@@H](O)Oc3c2ccc2ccccc32)cc1. The van der Waals surface area contributed by atoms with E-state index >= 15 is 0 Å². The third kappa shape index (κ3) is 2.16. The molecule has 0 fully saturated rings. The molecule has 0 saturated heterocycles. The molecule has 0 bridgehead atoms. The van der Waals surface area contributed by atoms with Crippen LogP contribution in [0.15, 0.2) is 60.7 Å². The molecular weight excluding hydrogens is 272 g/mol. The van der Waals surface area contributed by atoms with Crippen LogP contribution in [0.2, 0.25) is 0 Å². The second kappa shape index (κ2) is 5.15. The Hall–Kier alpha value is -2.32. The Morgan fingerprint density at radius 1 is 0.955 bits per heavy atom. The molecule has 1 aliphatic heterocycles. The van der Waals surface area contributed by atoms with Crippen LogP contribution in [0.25, 0.3) is 10.8 Å². The van der Waals surface area contributed by atoms with Crippen LogP contribution in [0.1, 0.15) is 29.0 Å². The molecule has 22 heavy (non-hydrogen) atoms. The fourth-order valence-corrected chi connectivity index (χ4v) is 3.29. The Morgan fingerprint density at radius 2 is 1.73 bits per heavy atom. The van der Waals surface area contributed by atoms with Crippen LogP contribution in [0.4, 0.5) is 0 Å². The maximum absolute atomic E-state index is 10.2. The number of benzene rings is 3. The van der Waals surface area contributed by atoms with Crippen molar-refractivity contribution in [3.8, 4) is 5.75 Å². The molecule has 0 aliphatic carbocycles. The van der Waals surface area contributed by atoms with E-state index in [-0.39, 0.29) is 5.92 Å². The highest BCUT2D eigenvalue weighted by atomic mass is 16.6. The normalized spacial score (nSPS) is 20.5. The van der Waals surface area contributed by atoms with E-state index in [1.54, 1.807) is 0 Å². The van der Waals surface area contributed by atoms with Crippen molar-refractivity contribution in [2.45, 2.75) is 25.6 Å². The minimum absolute atomic E-state index is 0.170. The summed E-state index contributed by atoms with van der Waals surface area (Å²) in [5.74, 6) is 0.992. The van der Waals surface area contributed by atoms with E-state index in [0.29, 0.717) is 6.42 Å². The molecule has 0 aromatic heterocycles. The van der Waals surface area contributed by atoms with Crippen LogP contribution < -0.4 is 4.74 Å². The van der Waals surface area contributed by atoms with Gasteiger partial charge in [0.1, 0.15) is 5.75 Å². The molecule has 3 aromatic carbocycles. The zero-order chi connectivity index (χ0) is 15.1. The largest absolute Gasteiger partial charge is 0.464 e. The van der Waals surface area contributed by atoms with E-state index in [1.165, 1.54) is 11.1 Å². The number of rotatable bonds is 1. The molecule has 0 amide bonds. The zero-order valence-electron chi connectivity index (χ0n) is 12.5. The Balaban J connectivity index is 1.90. The maximum Gasteiger partial charge on any atom is 0.198 e. The predicted octanol–water partition coefficient (Wildman–Crippen LogP) is 4.38. The van der Waals surface area contributed by atoms with Gasteiger partial charge in [-0.15, -0.1) is 0 Å². The second-order valence-electron chi connectivity index (χ2n) is 5.98. The number of ether oxygens (including phenoxy) is 1. The molecule has 0 spiro atoms. The molecular formula is C20H18O2. The minimum Gasteiger partial charge on any atom is -0.464 e. The Bertz CT molecular complexity index is 821. The van der Waals surface area contributed by atoms with Gasteiger partial charge >= 0.3 is 0 Å². The fourth-order valence-electron chi connectivity index (χ4n) is 3.29. The highest BCUT2D eigenvalue weighted by molar-refractivity contribution is 5.90. The van der Waals surface area contributed by atoms with Crippen molar-refractivity contribution < 1.29 is 9.84 Å². The Kier molecular flexibility index (Phi) is 3.12. The van der Waals surface area contributed by atoms with Gasteiger partial charge in [-0.1, -0.05) is 66.2 Å². The number of hydrogen-bond acceptors (Lipinski definition) is 2. The summed E-state index contributed by atoms with van der Waals surface area (Å²) in [6.45, 7) is 2.09. The lowest BCUT2D eigenvalue weighted by atomic mass is 9.84. The lowest BCUT2D eigenvalue weighted by Gasteiger charge is -2.30. The van der Waals surface area contributed by atoms with E-state index < -0.39 is 6.29 Å². The standard InChI is InChI=1S/C20H18O2/c1-13-6-8-15(9-7-13)18-12-19(21)22-20-16-5-3-2-4-14(16)10-11-17(18)20/h2-11,18-19,21H,12H2,1H3/t18-,19-/m0/s1. The van der Waals surface area contributed by atoms with Crippen LogP contribution in [0.3, 0.4) is 0 Å². The van der Waals surface area contributed by atoms with E-state index in [9.17, 15) is 5.11 Å². The fraction of sp³-hybridized carbons (Fsp3) is 0.200. The lowest BCUT2D eigenvalue weighted by Crippen LogP contribution is -2.25. The smallest absolute Gasteiger partial charge is 0.198 e. The van der Waals surface area contributed by atoms with E-state index in [2.05, 4.69) is 55.5 Å². The topological polar surface area (TPSA) is 29.5 Å². The number of aliphatic hydroxyl groups excluding tert-OH is 1. The molecule has 1 N–H and O–H groups in total. The summed E-state index contributed by atoms with van der Waals surface area (Å²) in [6, 6.07) is 21.0. The lowest BCUT2D eigenvalue weighted by molar-refractivity contribution is -0.0347. The van der Waals surface area contributed by atoms with Gasteiger partial charge in [0.05, 0.1) is 0 Å². The molecule has 2 atom stereocenters. The third-order valence-corrected chi connectivity index (χ3v) is 4.46. The van der Waals surface area contributed by atoms with Gasteiger partial charge in [0, 0.05) is 23.3 Å². The maximum atomic E-state index is 10.2. The van der Waals surface area contributed by atoms with Crippen LogP contribution >= 0.6 is 0 Å². The summed E-state index contributed by atoms with van der Waals surface area (Å²) in [5.41, 5.74) is 3.63. The number of aryl methyl sites for hydroxylation is 1. The van der Waals surface area contributed by atoms with E-state index in [0.717, 1.165) is 22.1 Å². The molecule has 0 saturated carbocycles. The molecule has 0 unspecified atom stereocenters. The zero-order valence-corrected chi connectivity index (χ0v) is 12.5. The molecule has 2 heteroatoms. The summed E-state index contributed by atoms with van der Waals surface area (Å²) in [7, 11) is 0. The van der Waals surface area contributed by atoms with Gasteiger partial charge < -0.3 is 9.84 Å². The van der Waals surface area contributed by atoms with Crippen molar-refractivity contribution in [3.63, 3.8) is 0 Å². The monoisotopic (exact) mass is 290 g/mol. The number of fused-ring (bicyclic) bond motifs is 3. The van der Waals surface area contributed by atoms with Gasteiger partial charge in [0.15, 0.2) is 6.29 Å². The van der Waals surface area contributed by atoms with Crippen molar-refractivity contribution in [2.24, 2.45) is 0 Å². The average molecular weight is 290 g/mol. The van der Waals surface area contributed by atoms with Crippen LogP contribution in [-0.2, 0) is 0 Å². The van der Waals surface area contributed by atoms with Crippen LogP contribution in [0.5, 0.6) is 5.75 Å². The van der Waals surface area contributed by atoms with Gasteiger partial charge in [-0.25, -0.2) is 0 Å². The number of hydrogen-bond donors (Lipinski definition) is 1. The second-order valence-corrected chi connectivity index (χ2v) is 5.98. The number of aliphatic hydroxyl groups is 1. The summed E-state index contributed by atoms with van der Waals surface area (Å²) < 4.78 is 5.78. The van der Waals surface area contributed by atoms with Crippen molar-refractivity contribution in [1.29, 1.82) is 0 Å². The third-order valence-electron chi connectivity index (χ3n) is 4.46. The van der Waals surface area contributed by atoms with Crippen molar-refractivity contribution >= 4 is 10.8 Å². The Labute approximate surface area is 130 Å². The van der Waals surface area contributed by atoms with Gasteiger partial charge in [-0.2, -0.15) is 0 Å². The summed E-state index contributed by atoms with van der Waals surface area (Å²) >= 11 is 0. The summed E-state index contributed by atoms with van der Waals surface area (Å²) in [5, 5.41) is 12.4. The average Bonchev–Trinajstić information content (AvgIpc) is 2.55. The van der Waals surface area contributed by atoms with Crippen LogP contribution in [0, 0.1) is 6.92 Å². The van der Waals surface area contributed by atoms with Gasteiger partial charge in [0.25, 0.3) is 0 Å². The minimum atomic E-state index is -0.760. The highest BCUT2D eigenvalue weighted by Crippen LogP contribution is 2.43. The van der Waals surface area contributed by atoms with Gasteiger partial charge in [-0.05, 0) is 17.9 Å². The molecule has 4 rings (SSSR count). The summed E-state index contributed by atoms with van der Waals surface area (Å²) in [4.78, 5) is 0. The van der Waals surface area contributed by atoms with Gasteiger partial charge in [-0.3, -0.25) is 0 Å². The first-order valence-electron chi connectivity index (χ1n) is 7.65. The highest BCUT2D eigenvalue weighted by Gasteiger charge is 2.29. The van der Waals surface area contributed by atoms with Crippen molar-refractivity contribution in [2.75, 3.05) is 0 Å². The molecule has 3 aromatic rings. The van der Waals surface area contributed by atoms with Crippen molar-refractivity contribution in [3.05, 3.63) is 77.4 Å². The molecule has 2 nitrogen and oxygen atoms in total. The first kappa shape index (κ1) is 13.4. The van der Waals surface area contributed by atoms with E-state index in [4.69, 9.17) is 4.74 Å². The Morgan fingerprint density at radius 3 is 2.55 bits per heavy atom.